The van der Waals surface area contributed by atoms with Crippen molar-refractivity contribution in [1.82, 2.24) is 10.1 Å². The van der Waals surface area contributed by atoms with Gasteiger partial charge in [0.15, 0.2) is 5.82 Å². The highest BCUT2D eigenvalue weighted by Gasteiger charge is 2.20. The van der Waals surface area contributed by atoms with Crippen molar-refractivity contribution < 1.29 is 13.1 Å². The molecule has 0 unspecified atom stereocenters. The molecule has 19 heavy (non-hydrogen) atoms. The molecule has 0 bridgehead atoms. The Balaban J connectivity index is 2.12. The Kier molecular flexibility index (Phi) is 4.31. The molecule has 0 radical (unpaired) electrons. The topological polar surface area (TPSA) is 56.0 Å². The van der Waals surface area contributed by atoms with E-state index >= 15 is 0 Å². The maximum absolute atomic E-state index is 12.9. The zero-order valence-corrected chi connectivity index (χ0v) is 12.0. The first-order valence-corrected chi connectivity index (χ1v) is 7.34. The molecule has 0 spiro atoms. The summed E-state index contributed by atoms with van der Waals surface area (Å²) >= 11 is 5.90. The van der Waals surface area contributed by atoms with Gasteiger partial charge in [0.1, 0.15) is 11.1 Å². The predicted octanol–water partition coefficient (Wildman–Crippen LogP) is 3.18. The number of benzene rings is 1. The molecular weight excluding hydrogens is 291 g/mol. The smallest absolute Gasteiger partial charge is 0.242 e. The molecule has 0 aliphatic rings. The molecule has 7 heteroatoms. The molecule has 1 aromatic carbocycles. The maximum Gasteiger partial charge on any atom is 0.242 e. The maximum atomic E-state index is 12.9. The van der Waals surface area contributed by atoms with Crippen molar-refractivity contribution in [3.05, 3.63) is 46.3 Å². The van der Waals surface area contributed by atoms with Crippen LogP contribution in [0.25, 0.3) is 0 Å². The number of rotatable bonds is 4. The van der Waals surface area contributed by atoms with Crippen molar-refractivity contribution in [2.75, 3.05) is 0 Å². The number of aryl methyl sites for hydroxylation is 1. The minimum absolute atomic E-state index is 0.210. The summed E-state index contributed by atoms with van der Waals surface area (Å²) in [5.41, 5.74) is 0.629. The summed E-state index contributed by atoms with van der Waals surface area (Å²) in [7, 11) is -1.27. The van der Waals surface area contributed by atoms with Gasteiger partial charge < -0.3 is 4.52 Å². The third-order valence-corrected chi connectivity index (χ3v) is 4.54. The van der Waals surface area contributed by atoms with Gasteiger partial charge in [0.05, 0.1) is 5.75 Å². The van der Waals surface area contributed by atoms with Crippen molar-refractivity contribution in [2.24, 2.45) is 0 Å². The Bertz CT molecular complexity index is 618. The van der Waals surface area contributed by atoms with E-state index in [-0.39, 0.29) is 10.8 Å². The van der Waals surface area contributed by atoms with Gasteiger partial charge in [-0.1, -0.05) is 22.8 Å². The van der Waals surface area contributed by atoms with E-state index in [0.717, 1.165) is 0 Å². The highest BCUT2D eigenvalue weighted by molar-refractivity contribution is 7.84. The Hall–Kier alpha value is -1.27. The van der Waals surface area contributed by atoms with Gasteiger partial charge in [-0.15, -0.1) is 0 Å². The number of nitrogens with zero attached hydrogens (tertiary/aromatic N) is 2. The van der Waals surface area contributed by atoms with E-state index in [9.17, 15) is 8.60 Å². The molecule has 1 aromatic heterocycles. The summed E-state index contributed by atoms with van der Waals surface area (Å²) < 4.78 is 30.1. The third kappa shape index (κ3) is 3.39. The molecule has 0 fully saturated rings. The van der Waals surface area contributed by atoms with Crippen LogP contribution in [0.4, 0.5) is 4.39 Å². The zero-order chi connectivity index (χ0) is 14.0. The summed E-state index contributed by atoms with van der Waals surface area (Å²) in [5.74, 6) is 0.620. The highest BCUT2D eigenvalue weighted by Crippen LogP contribution is 2.24. The lowest BCUT2D eigenvalue weighted by atomic mass is 10.2. The molecule has 1 heterocycles. The Labute approximate surface area is 117 Å². The van der Waals surface area contributed by atoms with Crippen LogP contribution in [0.1, 0.15) is 29.5 Å². The Morgan fingerprint density at radius 1 is 1.53 bits per heavy atom. The fourth-order valence-electron chi connectivity index (χ4n) is 1.51. The second-order valence-corrected chi connectivity index (χ2v) is 6.25. The van der Waals surface area contributed by atoms with Gasteiger partial charge in [-0.25, -0.2) is 4.39 Å². The average Bonchev–Trinajstić information content (AvgIpc) is 2.78. The van der Waals surface area contributed by atoms with Gasteiger partial charge in [-0.3, -0.25) is 4.21 Å². The van der Waals surface area contributed by atoms with Crippen molar-refractivity contribution >= 4 is 22.4 Å². The molecule has 102 valence electrons. The molecule has 2 rings (SSSR count). The van der Waals surface area contributed by atoms with Crippen molar-refractivity contribution in [3.8, 4) is 0 Å². The lowest BCUT2D eigenvalue weighted by Crippen LogP contribution is -2.06. The van der Waals surface area contributed by atoms with E-state index < -0.39 is 21.9 Å². The summed E-state index contributed by atoms with van der Waals surface area (Å²) in [4.78, 5) is 4.05. The van der Waals surface area contributed by atoms with Crippen molar-refractivity contribution in [3.63, 3.8) is 0 Å². The molecule has 0 aliphatic carbocycles. The number of aromatic nitrogens is 2. The first kappa shape index (κ1) is 14.1. The average molecular weight is 303 g/mol. The SMILES string of the molecule is Cc1noc([C@H](C)[S@@](=O)Cc2ccc(F)cc2Cl)n1. The van der Waals surface area contributed by atoms with Gasteiger partial charge in [-0.2, -0.15) is 4.98 Å². The second-order valence-electron chi connectivity index (χ2n) is 4.08. The third-order valence-electron chi connectivity index (χ3n) is 2.60. The normalized spacial score (nSPS) is 14.3. The van der Waals surface area contributed by atoms with E-state index in [1.807, 2.05) is 0 Å². The van der Waals surface area contributed by atoms with Crippen molar-refractivity contribution in [2.45, 2.75) is 24.9 Å². The molecule has 0 saturated carbocycles. The number of hydrogen-bond donors (Lipinski definition) is 0. The van der Waals surface area contributed by atoms with Crippen LogP contribution < -0.4 is 0 Å². The largest absolute Gasteiger partial charge is 0.338 e. The molecule has 2 aromatic rings. The molecule has 0 amide bonds. The summed E-state index contributed by atoms with van der Waals surface area (Å²) in [5, 5.41) is 3.53. The molecular formula is C12H12ClFN2O2S. The first-order chi connectivity index (χ1) is 8.97. The minimum atomic E-state index is -1.27. The Morgan fingerprint density at radius 2 is 2.26 bits per heavy atom. The van der Waals surface area contributed by atoms with E-state index in [2.05, 4.69) is 10.1 Å². The molecule has 0 N–H and O–H groups in total. The standard InChI is InChI=1S/C12H12ClFN2O2S/c1-7(12-15-8(2)16-18-12)19(17)6-9-3-4-10(14)5-11(9)13/h3-5,7H,6H2,1-2H3/t7-,19-/m0/s1. The minimum Gasteiger partial charge on any atom is -0.338 e. The van der Waals surface area contributed by atoms with E-state index in [0.29, 0.717) is 17.3 Å². The zero-order valence-electron chi connectivity index (χ0n) is 10.4. The van der Waals surface area contributed by atoms with Gasteiger partial charge in [0, 0.05) is 15.8 Å². The molecule has 4 nitrogen and oxygen atoms in total. The fraction of sp³-hybridized carbons (Fsp3) is 0.333. The van der Waals surface area contributed by atoms with Crippen LogP contribution in [0.2, 0.25) is 5.02 Å². The highest BCUT2D eigenvalue weighted by atomic mass is 35.5. The number of hydrogen-bond acceptors (Lipinski definition) is 4. The monoisotopic (exact) mass is 302 g/mol. The van der Waals surface area contributed by atoms with E-state index in [1.165, 1.54) is 18.2 Å². The summed E-state index contributed by atoms with van der Waals surface area (Å²) in [6, 6.07) is 4.02. The second kappa shape index (κ2) is 5.79. The predicted molar refractivity (Wildman–Crippen MR) is 70.7 cm³/mol. The fourth-order valence-corrected chi connectivity index (χ4v) is 2.95. The Morgan fingerprint density at radius 3 is 2.84 bits per heavy atom. The van der Waals surface area contributed by atoms with Gasteiger partial charge in [-0.05, 0) is 31.5 Å². The van der Waals surface area contributed by atoms with E-state index in [4.69, 9.17) is 16.1 Å². The van der Waals surface area contributed by atoms with Crippen LogP contribution in [-0.2, 0) is 16.6 Å². The number of halogens is 2. The lowest BCUT2D eigenvalue weighted by Gasteiger charge is -2.08. The molecule has 0 aliphatic heterocycles. The van der Waals surface area contributed by atoms with Crippen LogP contribution in [0, 0.1) is 12.7 Å². The van der Waals surface area contributed by atoms with Crippen LogP contribution in [-0.4, -0.2) is 14.3 Å². The lowest BCUT2D eigenvalue weighted by molar-refractivity contribution is 0.375. The first-order valence-electron chi connectivity index (χ1n) is 5.58. The summed E-state index contributed by atoms with van der Waals surface area (Å²) in [6.45, 7) is 3.43. The van der Waals surface area contributed by atoms with Gasteiger partial charge in [0.25, 0.3) is 0 Å². The quantitative estimate of drug-likeness (QED) is 0.870. The van der Waals surface area contributed by atoms with Gasteiger partial charge >= 0.3 is 0 Å². The van der Waals surface area contributed by atoms with Crippen LogP contribution in [0.5, 0.6) is 0 Å². The summed E-state index contributed by atoms with van der Waals surface area (Å²) in [6.07, 6.45) is 0. The molecule has 2 atom stereocenters. The van der Waals surface area contributed by atoms with Crippen LogP contribution in [0.15, 0.2) is 22.7 Å². The molecule has 0 saturated heterocycles. The van der Waals surface area contributed by atoms with Crippen LogP contribution >= 0.6 is 11.6 Å². The van der Waals surface area contributed by atoms with Crippen molar-refractivity contribution in [1.29, 1.82) is 0 Å². The van der Waals surface area contributed by atoms with Crippen LogP contribution in [0.3, 0.4) is 0 Å². The van der Waals surface area contributed by atoms with E-state index in [1.54, 1.807) is 13.8 Å². The van der Waals surface area contributed by atoms with Gasteiger partial charge in [0.2, 0.25) is 5.89 Å².